The molecule has 1 aliphatic heterocycles. The Balaban J connectivity index is 1.63. The summed E-state index contributed by atoms with van der Waals surface area (Å²) in [7, 11) is 0. The first-order chi connectivity index (χ1) is 29.8. The molecule has 4 rings (SSSR count). The lowest BCUT2D eigenvalue weighted by Gasteiger charge is -2.37. The highest BCUT2D eigenvalue weighted by Crippen LogP contribution is 2.23. The van der Waals surface area contributed by atoms with Crippen molar-refractivity contribution in [1.29, 1.82) is 0 Å². The molecule has 1 unspecified atom stereocenters. The highest BCUT2D eigenvalue weighted by molar-refractivity contribution is 7.98. The molecule has 0 radical (unpaired) electrons. The van der Waals surface area contributed by atoms with E-state index in [1.165, 1.54) is 16.8 Å². The van der Waals surface area contributed by atoms with E-state index in [0.29, 0.717) is 23.3 Å². The second kappa shape index (κ2) is 22.8. The van der Waals surface area contributed by atoms with Crippen LogP contribution in [0.5, 0.6) is 0 Å². The molecule has 2 heterocycles. The molecule has 3 aromatic rings. The number of nitrogens with zero attached hydrogens (tertiary/aromatic N) is 2. The number of hydrazine groups is 1. The van der Waals surface area contributed by atoms with Crippen molar-refractivity contribution in [2.24, 2.45) is 17.4 Å². The van der Waals surface area contributed by atoms with Crippen molar-refractivity contribution in [3.05, 3.63) is 71.9 Å². The van der Waals surface area contributed by atoms with Crippen molar-refractivity contribution in [3.8, 4) is 0 Å². The van der Waals surface area contributed by atoms with E-state index < -0.39 is 89.7 Å². The molecule has 18 nitrogen and oxygen atoms in total. The number of rotatable bonds is 22. The normalized spacial score (nSPS) is 15.8. The molecule has 1 aliphatic rings. The van der Waals surface area contributed by atoms with E-state index in [9.17, 15) is 38.4 Å². The molecule has 1 saturated heterocycles. The van der Waals surface area contributed by atoms with E-state index in [-0.39, 0.29) is 44.6 Å². The van der Waals surface area contributed by atoms with Gasteiger partial charge in [0.2, 0.25) is 35.4 Å². The number of H-pyrrole nitrogens is 1. The third kappa shape index (κ3) is 14.8. The average Bonchev–Trinajstić information content (AvgIpc) is 3.78. The number of nitrogens with two attached hydrogens (primary N) is 2. The fourth-order valence-corrected chi connectivity index (χ4v) is 7.56. The van der Waals surface area contributed by atoms with Gasteiger partial charge in [-0.3, -0.25) is 33.6 Å². The fraction of sp³-hybridized carbons (Fsp3) is 0.500. The number of benzene rings is 2. The molecule has 19 heteroatoms. The summed E-state index contributed by atoms with van der Waals surface area (Å²) in [6.07, 6.45) is 2.70. The van der Waals surface area contributed by atoms with Crippen LogP contribution in [0.4, 0.5) is 4.79 Å². The lowest BCUT2D eigenvalue weighted by molar-refractivity contribution is -0.168. The van der Waals surface area contributed by atoms with Crippen LogP contribution in [0.25, 0.3) is 10.9 Å². The first kappa shape index (κ1) is 49.5. The number of para-hydroxylation sites is 1. The molecule has 5 atom stereocenters. The Bertz CT molecular complexity index is 2110. The molecule has 9 N–H and O–H groups in total. The van der Waals surface area contributed by atoms with Crippen LogP contribution < -0.4 is 32.7 Å². The summed E-state index contributed by atoms with van der Waals surface area (Å²) in [6, 6.07) is 9.73. The third-order valence-electron chi connectivity index (χ3n) is 10.2. The summed E-state index contributed by atoms with van der Waals surface area (Å²) in [6.45, 7) is 8.79. The van der Waals surface area contributed by atoms with Gasteiger partial charge in [-0.05, 0) is 75.2 Å². The first-order valence-electron chi connectivity index (χ1n) is 21.0. The predicted octanol–water partition coefficient (Wildman–Crippen LogP) is 2.20. The SMILES string of the molecule is CSCCC(C(N)=O)N(C(=O)CCC(C)C)N1CC[C@H](NC(=O)[C@@H](Cc2ccccc2)NC(=O)[C@@H](Cc2c[nH]c3ccccc23)NC(=O)[C@H](CC(N)=O)NC(=O)OC(C)(C)C)C1=O. The maximum atomic E-state index is 14.5. The van der Waals surface area contributed by atoms with E-state index in [2.05, 4.69) is 26.3 Å². The number of nitrogens with one attached hydrogen (secondary N) is 5. The monoisotopic (exact) mass is 891 g/mol. The molecule has 0 aliphatic carbocycles. The zero-order valence-electron chi connectivity index (χ0n) is 36.7. The van der Waals surface area contributed by atoms with Gasteiger partial charge in [0.25, 0.3) is 5.91 Å². The molecular formula is C44H61N9O9S. The summed E-state index contributed by atoms with van der Waals surface area (Å²) in [5.41, 5.74) is 12.4. The number of fused-ring (bicyclic) bond motifs is 1. The van der Waals surface area contributed by atoms with Gasteiger partial charge >= 0.3 is 6.09 Å². The molecule has 0 bridgehead atoms. The Morgan fingerprint density at radius 1 is 0.873 bits per heavy atom. The van der Waals surface area contributed by atoms with Crippen LogP contribution >= 0.6 is 11.8 Å². The minimum atomic E-state index is -1.53. The summed E-state index contributed by atoms with van der Waals surface area (Å²) in [5, 5.41) is 13.7. The molecule has 1 fully saturated rings. The zero-order chi connectivity index (χ0) is 46.4. The summed E-state index contributed by atoms with van der Waals surface area (Å²) in [4.78, 5) is 111. The highest BCUT2D eigenvalue weighted by atomic mass is 32.2. The molecule has 0 saturated carbocycles. The number of hydrogen-bond donors (Lipinski definition) is 7. The van der Waals surface area contributed by atoms with Crippen molar-refractivity contribution in [3.63, 3.8) is 0 Å². The third-order valence-corrected chi connectivity index (χ3v) is 10.9. The van der Waals surface area contributed by atoms with Crippen molar-refractivity contribution >= 4 is 70.1 Å². The number of carbonyl (C=O) groups is 8. The number of hydrogen-bond acceptors (Lipinski definition) is 10. The van der Waals surface area contributed by atoms with Gasteiger partial charge in [-0.2, -0.15) is 11.8 Å². The fourth-order valence-electron chi connectivity index (χ4n) is 7.10. The van der Waals surface area contributed by atoms with Crippen molar-refractivity contribution in [1.82, 2.24) is 36.3 Å². The number of alkyl carbamates (subject to hydrolysis) is 1. The van der Waals surface area contributed by atoms with E-state index in [1.807, 2.05) is 44.4 Å². The first-order valence-corrected chi connectivity index (χ1v) is 22.4. The van der Waals surface area contributed by atoms with Gasteiger partial charge in [0.1, 0.15) is 35.8 Å². The Hall–Kier alpha value is -6.11. The quantitative estimate of drug-likeness (QED) is 0.0773. The highest BCUT2D eigenvalue weighted by Gasteiger charge is 2.43. The van der Waals surface area contributed by atoms with Crippen molar-refractivity contribution < 1.29 is 43.1 Å². The molecular weight excluding hydrogens is 831 g/mol. The lowest BCUT2D eigenvalue weighted by Crippen LogP contribution is -2.60. The topological polar surface area (TPSA) is 268 Å². The number of amides is 8. The second-order valence-corrected chi connectivity index (χ2v) is 17.9. The molecule has 1 aromatic heterocycles. The van der Waals surface area contributed by atoms with E-state index in [4.69, 9.17) is 16.2 Å². The van der Waals surface area contributed by atoms with Crippen LogP contribution in [0, 0.1) is 5.92 Å². The maximum absolute atomic E-state index is 14.5. The lowest BCUT2D eigenvalue weighted by atomic mass is 10.0. The maximum Gasteiger partial charge on any atom is 0.408 e. The molecule has 2 aromatic carbocycles. The van der Waals surface area contributed by atoms with Gasteiger partial charge in [0, 0.05) is 42.9 Å². The minimum Gasteiger partial charge on any atom is -0.444 e. The van der Waals surface area contributed by atoms with Gasteiger partial charge in [-0.1, -0.05) is 62.4 Å². The number of aromatic nitrogens is 1. The molecule has 0 spiro atoms. The number of aromatic amines is 1. The predicted molar refractivity (Wildman–Crippen MR) is 238 cm³/mol. The number of primary amides is 2. The van der Waals surface area contributed by atoms with Crippen LogP contribution in [-0.4, -0.2) is 117 Å². The smallest absolute Gasteiger partial charge is 0.408 e. The summed E-state index contributed by atoms with van der Waals surface area (Å²) in [5.74, 6) is -4.49. The van der Waals surface area contributed by atoms with Crippen LogP contribution in [0.15, 0.2) is 60.8 Å². The van der Waals surface area contributed by atoms with Crippen molar-refractivity contribution in [2.45, 2.75) is 115 Å². The van der Waals surface area contributed by atoms with Crippen LogP contribution in [0.2, 0.25) is 0 Å². The average molecular weight is 892 g/mol. The van der Waals surface area contributed by atoms with Crippen molar-refractivity contribution in [2.75, 3.05) is 18.6 Å². The van der Waals surface area contributed by atoms with Gasteiger partial charge in [0.05, 0.1) is 6.42 Å². The van der Waals surface area contributed by atoms with Gasteiger partial charge in [-0.15, -0.1) is 0 Å². The number of thioether (sulfide) groups is 1. The van der Waals surface area contributed by atoms with E-state index >= 15 is 0 Å². The summed E-state index contributed by atoms with van der Waals surface area (Å²) < 4.78 is 5.29. The second-order valence-electron chi connectivity index (χ2n) is 16.9. The molecule has 63 heavy (non-hydrogen) atoms. The molecule has 342 valence electrons. The van der Waals surface area contributed by atoms with Gasteiger partial charge in [0.15, 0.2) is 0 Å². The zero-order valence-corrected chi connectivity index (χ0v) is 37.5. The number of ether oxygens (including phenoxy) is 1. The van der Waals surface area contributed by atoms with Crippen LogP contribution in [0.3, 0.4) is 0 Å². The Kier molecular flexibility index (Phi) is 18.0. The van der Waals surface area contributed by atoms with Gasteiger partial charge in [-0.25, -0.2) is 14.8 Å². The Morgan fingerprint density at radius 2 is 1.51 bits per heavy atom. The Morgan fingerprint density at radius 3 is 2.13 bits per heavy atom. The minimum absolute atomic E-state index is 0.0124. The van der Waals surface area contributed by atoms with Crippen LogP contribution in [-0.2, 0) is 51.1 Å². The summed E-state index contributed by atoms with van der Waals surface area (Å²) >= 11 is 1.46. The number of carbonyl (C=O) groups excluding carboxylic acids is 8. The standard InChI is InChI=1S/C44H61N9O9S/c1-26(2)16-17-37(55)53(35(38(46)56)19-21-63-6)52-20-18-31(42(52)60)48-39(57)32(22-27-12-8-7-9-13-27)49-40(58)33(23-28-25-47-30-15-11-10-14-29(28)30)50-41(59)34(24-36(45)54)51-43(61)62-44(3,4)5/h7-15,25-26,31-35,47H,16-24H2,1-6H3,(H2,45,54)(H2,46,56)(H,48,57)(H,49,58)(H,50,59)(H,51,61)/t31-,32+,33+,34-,35?/m0/s1. The van der Waals surface area contributed by atoms with E-state index in [0.717, 1.165) is 15.9 Å². The molecule has 8 amide bonds. The largest absolute Gasteiger partial charge is 0.444 e. The van der Waals surface area contributed by atoms with E-state index in [1.54, 1.807) is 57.3 Å². The van der Waals surface area contributed by atoms with Crippen LogP contribution in [0.1, 0.15) is 77.8 Å². The Labute approximate surface area is 371 Å². The van der Waals surface area contributed by atoms with Gasteiger partial charge < -0.3 is 42.5 Å².